The van der Waals surface area contributed by atoms with Gasteiger partial charge in [0.05, 0.1) is 4.90 Å². The third kappa shape index (κ3) is 4.49. The lowest BCUT2D eigenvalue weighted by Crippen LogP contribution is -2.43. The van der Waals surface area contributed by atoms with Crippen LogP contribution in [-0.2, 0) is 34.2 Å². The van der Waals surface area contributed by atoms with Crippen LogP contribution in [0.4, 0.5) is 4.39 Å². The number of amides is 1. The van der Waals surface area contributed by atoms with Crippen molar-refractivity contribution in [3.8, 4) is 0 Å². The summed E-state index contributed by atoms with van der Waals surface area (Å²) in [5.74, 6) is -0.849. The van der Waals surface area contributed by atoms with E-state index >= 15 is 0 Å². The molecule has 0 N–H and O–H groups in total. The molecular weight excluding hydrogens is 439 g/mol. The maximum atomic E-state index is 14.0. The SMILES string of the molecule is CN(Cc1c(F)cccc1Cl)C(=O)C1CCN(S(=O)(=O)c2ccc3c(c2)CCC3)CC1. The van der Waals surface area contributed by atoms with Crippen molar-refractivity contribution in [1.29, 1.82) is 0 Å². The van der Waals surface area contributed by atoms with Crippen LogP contribution >= 0.6 is 11.6 Å². The van der Waals surface area contributed by atoms with Gasteiger partial charge in [0.2, 0.25) is 15.9 Å². The molecule has 0 unspecified atom stereocenters. The Morgan fingerprint density at radius 3 is 2.58 bits per heavy atom. The van der Waals surface area contributed by atoms with Crippen molar-refractivity contribution < 1.29 is 17.6 Å². The molecule has 2 aromatic rings. The fourth-order valence-corrected chi connectivity index (χ4v) is 6.25. The molecule has 8 heteroatoms. The molecule has 166 valence electrons. The Morgan fingerprint density at radius 2 is 1.87 bits per heavy atom. The molecule has 0 saturated carbocycles. The highest BCUT2D eigenvalue weighted by Gasteiger charge is 2.33. The van der Waals surface area contributed by atoms with E-state index in [1.807, 2.05) is 6.07 Å². The van der Waals surface area contributed by atoms with Crippen LogP contribution in [0.25, 0.3) is 0 Å². The smallest absolute Gasteiger partial charge is 0.243 e. The monoisotopic (exact) mass is 464 g/mol. The van der Waals surface area contributed by atoms with Crippen molar-refractivity contribution >= 4 is 27.5 Å². The van der Waals surface area contributed by atoms with Crippen molar-refractivity contribution in [3.63, 3.8) is 0 Å². The first-order chi connectivity index (χ1) is 14.8. The zero-order valence-electron chi connectivity index (χ0n) is 17.5. The number of aryl methyl sites for hydroxylation is 2. The summed E-state index contributed by atoms with van der Waals surface area (Å²) >= 11 is 6.08. The first-order valence-electron chi connectivity index (χ1n) is 10.6. The van der Waals surface area contributed by atoms with Crippen molar-refractivity contribution in [3.05, 3.63) is 63.9 Å². The molecule has 5 nitrogen and oxygen atoms in total. The normalized spacial score (nSPS) is 17.5. The zero-order chi connectivity index (χ0) is 22.2. The summed E-state index contributed by atoms with van der Waals surface area (Å²) in [6, 6.07) is 9.88. The number of hydrogen-bond acceptors (Lipinski definition) is 3. The second-order valence-corrected chi connectivity index (χ2v) is 10.7. The van der Waals surface area contributed by atoms with Gasteiger partial charge >= 0.3 is 0 Å². The number of sulfonamides is 1. The van der Waals surface area contributed by atoms with E-state index < -0.39 is 15.8 Å². The average molecular weight is 465 g/mol. The van der Waals surface area contributed by atoms with Gasteiger partial charge in [0.25, 0.3) is 0 Å². The first kappa shape index (κ1) is 22.2. The van der Waals surface area contributed by atoms with Gasteiger partial charge in [0.15, 0.2) is 0 Å². The van der Waals surface area contributed by atoms with Crippen molar-refractivity contribution in [2.24, 2.45) is 5.92 Å². The van der Waals surface area contributed by atoms with Gasteiger partial charge in [-0.05, 0) is 67.5 Å². The summed E-state index contributed by atoms with van der Waals surface area (Å²) in [6.07, 6.45) is 3.89. The summed E-state index contributed by atoms with van der Waals surface area (Å²) in [4.78, 5) is 14.7. The molecule has 0 aromatic heterocycles. The molecule has 4 rings (SSSR count). The van der Waals surface area contributed by atoms with Crippen LogP contribution in [0.15, 0.2) is 41.3 Å². The topological polar surface area (TPSA) is 57.7 Å². The van der Waals surface area contributed by atoms with Crippen molar-refractivity contribution in [2.45, 2.75) is 43.5 Å². The van der Waals surface area contributed by atoms with E-state index in [0.29, 0.717) is 30.8 Å². The van der Waals surface area contributed by atoms with E-state index in [9.17, 15) is 17.6 Å². The van der Waals surface area contributed by atoms with Gasteiger partial charge in [0, 0.05) is 43.2 Å². The molecule has 0 bridgehead atoms. The Balaban J connectivity index is 1.39. The highest BCUT2D eigenvalue weighted by Crippen LogP contribution is 2.29. The number of benzene rings is 2. The summed E-state index contributed by atoms with van der Waals surface area (Å²) < 4.78 is 41.7. The molecule has 31 heavy (non-hydrogen) atoms. The fraction of sp³-hybridized carbons (Fsp3) is 0.435. The number of fused-ring (bicyclic) bond motifs is 1. The second kappa shape index (κ2) is 8.88. The average Bonchev–Trinajstić information content (AvgIpc) is 3.24. The summed E-state index contributed by atoms with van der Waals surface area (Å²) in [5.41, 5.74) is 2.65. The molecule has 2 aliphatic rings. The van der Waals surface area contributed by atoms with Gasteiger partial charge in [-0.25, -0.2) is 12.8 Å². The van der Waals surface area contributed by atoms with Crippen molar-refractivity contribution in [2.75, 3.05) is 20.1 Å². The van der Waals surface area contributed by atoms with Gasteiger partial charge in [-0.3, -0.25) is 4.79 Å². The van der Waals surface area contributed by atoms with Gasteiger partial charge < -0.3 is 4.90 Å². The van der Waals surface area contributed by atoms with Crippen LogP contribution in [0.5, 0.6) is 0 Å². The number of nitrogens with zero attached hydrogens (tertiary/aromatic N) is 2. The first-order valence-corrected chi connectivity index (χ1v) is 12.4. The highest BCUT2D eigenvalue weighted by molar-refractivity contribution is 7.89. The third-order valence-electron chi connectivity index (χ3n) is 6.34. The molecule has 1 fully saturated rings. The van der Waals surface area contributed by atoms with E-state index in [4.69, 9.17) is 11.6 Å². The molecule has 0 atom stereocenters. The highest BCUT2D eigenvalue weighted by atomic mass is 35.5. The number of hydrogen-bond donors (Lipinski definition) is 0. The van der Waals surface area contributed by atoms with E-state index in [1.165, 1.54) is 26.9 Å². The number of carbonyl (C=O) groups excluding carboxylic acids is 1. The Morgan fingerprint density at radius 1 is 1.16 bits per heavy atom. The van der Waals surface area contributed by atoms with Gasteiger partial charge in [-0.1, -0.05) is 23.7 Å². The fourth-order valence-electron chi connectivity index (χ4n) is 4.51. The molecule has 1 heterocycles. The van der Waals surface area contributed by atoms with Gasteiger partial charge in [0.1, 0.15) is 5.82 Å². The van der Waals surface area contributed by atoms with Gasteiger partial charge in [-0.15, -0.1) is 0 Å². The molecule has 1 saturated heterocycles. The van der Waals surface area contributed by atoms with E-state index in [1.54, 1.807) is 25.2 Å². The standard InChI is InChI=1S/C23H26ClFN2O3S/c1-26(15-20-21(24)6-3-7-22(20)25)23(28)17-10-12-27(13-11-17)31(29,30)19-9-8-16-4-2-5-18(16)14-19/h3,6-9,14,17H,2,4-5,10-13,15H2,1H3. The van der Waals surface area contributed by atoms with Gasteiger partial charge in [-0.2, -0.15) is 4.31 Å². The van der Waals surface area contributed by atoms with Crippen LogP contribution in [0, 0.1) is 11.7 Å². The van der Waals surface area contributed by atoms with E-state index in [2.05, 4.69) is 0 Å². The predicted molar refractivity (Wildman–Crippen MR) is 118 cm³/mol. The molecular formula is C23H26ClFN2O3S. The molecule has 0 radical (unpaired) electrons. The van der Waals surface area contributed by atoms with Crippen LogP contribution in [0.1, 0.15) is 36.0 Å². The molecule has 1 amide bonds. The van der Waals surface area contributed by atoms with E-state index in [-0.39, 0.29) is 29.0 Å². The van der Waals surface area contributed by atoms with Crippen LogP contribution in [0.2, 0.25) is 5.02 Å². The molecule has 2 aromatic carbocycles. The number of piperidine rings is 1. The maximum absolute atomic E-state index is 14.0. The van der Waals surface area contributed by atoms with Crippen LogP contribution < -0.4 is 0 Å². The molecule has 1 aliphatic heterocycles. The third-order valence-corrected chi connectivity index (χ3v) is 8.59. The number of carbonyl (C=O) groups is 1. The minimum atomic E-state index is -3.57. The number of rotatable bonds is 5. The lowest BCUT2D eigenvalue weighted by Gasteiger charge is -2.32. The lowest BCUT2D eigenvalue weighted by molar-refractivity contribution is -0.135. The summed E-state index contributed by atoms with van der Waals surface area (Å²) in [5, 5.41) is 0.287. The van der Waals surface area contributed by atoms with E-state index in [0.717, 1.165) is 24.8 Å². The summed E-state index contributed by atoms with van der Waals surface area (Å²) in [6.45, 7) is 0.673. The maximum Gasteiger partial charge on any atom is 0.243 e. The Hall–Kier alpha value is -1.96. The Bertz CT molecular complexity index is 1080. The number of halogens is 2. The summed E-state index contributed by atoms with van der Waals surface area (Å²) in [7, 11) is -1.95. The predicted octanol–water partition coefficient (Wildman–Crippen LogP) is 4.03. The Kier molecular flexibility index (Phi) is 6.37. The molecule has 0 spiro atoms. The van der Waals surface area contributed by atoms with Crippen LogP contribution in [0.3, 0.4) is 0 Å². The minimum absolute atomic E-state index is 0.0813. The second-order valence-electron chi connectivity index (χ2n) is 8.36. The lowest BCUT2D eigenvalue weighted by atomic mass is 9.96. The van der Waals surface area contributed by atoms with Crippen molar-refractivity contribution in [1.82, 2.24) is 9.21 Å². The largest absolute Gasteiger partial charge is 0.341 e. The quantitative estimate of drug-likeness (QED) is 0.671. The Labute approximate surface area is 187 Å². The minimum Gasteiger partial charge on any atom is -0.341 e. The molecule has 1 aliphatic carbocycles. The zero-order valence-corrected chi connectivity index (χ0v) is 19.1. The van der Waals surface area contributed by atoms with Crippen LogP contribution in [-0.4, -0.2) is 43.7 Å².